The minimum absolute atomic E-state index is 0.103. The first kappa shape index (κ1) is 13.1. The van der Waals surface area contributed by atoms with E-state index < -0.39 is 25.0 Å². The number of carboxylic acid groups (broad SMARTS) is 2. The van der Waals surface area contributed by atoms with Crippen LogP contribution in [0.15, 0.2) is 12.1 Å². The van der Waals surface area contributed by atoms with E-state index in [1.807, 2.05) is 0 Å². The normalized spacial score (nSPS) is 10.2. The predicted molar refractivity (Wildman–Crippen MR) is 56.6 cm³/mol. The third-order valence-corrected chi connectivity index (χ3v) is 2.34. The lowest BCUT2D eigenvalue weighted by Gasteiger charge is -2.10. The summed E-state index contributed by atoms with van der Waals surface area (Å²) in [4.78, 5) is 21.5. The molecule has 6 heteroatoms. The molecule has 1 rings (SSSR count). The highest BCUT2D eigenvalue weighted by molar-refractivity contribution is 5.91. The van der Waals surface area contributed by atoms with Crippen LogP contribution in [0.3, 0.4) is 0 Å². The van der Waals surface area contributed by atoms with Gasteiger partial charge in [0.2, 0.25) is 0 Å². The maximum Gasteiger partial charge on any atom is 0.335 e. The van der Waals surface area contributed by atoms with Crippen molar-refractivity contribution in [3.05, 3.63) is 34.4 Å². The van der Waals surface area contributed by atoms with Crippen molar-refractivity contribution in [3.63, 3.8) is 0 Å². The summed E-state index contributed by atoms with van der Waals surface area (Å²) in [5.74, 6) is -2.42. The molecule has 0 fully saturated rings. The van der Waals surface area contributed by atoms with Gasteiger partial charge in [-0.05, 0) is 22.8 Å². The van der Waals surface area contributed by atoms with E-state index in [4.69, 9.17) is 20.4 Å². The molecule has 0 aliphatic rings. The van der Waals surface area contributed by atoms with E-state index >= 15 is 0 Å². The fourth-order valence-corrected chi connectivity index (χ4v) is 1.54. The lowest BCUT2D eigenvalue weighted by atomic mass is 9.97. The van der Waals surface area contributed by atoms with Crippen molar-refractivity contribution >= 4 is 11.9 Å². The van der Waals surface area contributed by atoms with Gasteiger partial charge in [0.1, 0.15) is 0 Å². The van der Waals surface area contributed by atoms with Crippen LogP contribution < -0.4 is 0 Å². The van der Waals surface area contributed by atoms with Crippen molar-refractivity contribution in [2.45, 2.75) is 19.6 Å². The molecule has 17 heavy (non-hydrogen) atoms. The highest BCUT2D eigenvalue weighted by Gasteiger charge is 2.16. The van der Waals surface area contributed by atoms with Gasteiger partial charge in [-0.25, -0.2) is 4.79 Å². The van der Waals surface area contributed by atoms with E-state index in [9.17, 15) is 9.59 Å². The van der Waals surface area contributed by atoms with Crippen molar-refractivity contribution in [1.29, 1.82) is 0 Å². The van der Waals surface area contributed by atoms with E-state index in [-0.39, 0.29) is 23.3 Å². The Kier molecular flexibility index (Phi) is 4.19. The molecular formula is C11H12O6. The standard InChI is InChI=1S/C11H12O6/c12-4-7-1-6(3-10(14)15)9(11(16)17)2-8(7)5-13/h1-2,12-13H,3-5H2,(H,14,15)(H,16,17). The molecule has 0 heterocycles. The first-order valence-corrected chi connectivity index (χ1v) is 4.81. The average molecular weight is 240 g/mol. The smallest absolute Gasteiger partial charge is 0.335 e. The highest BCUT2D eigenvalue weighted by atomic mass is 16.4. The summed E-state index contributed by atoms with van der Waals surface area (Å²) < 4.78 is 0. The van der Waals surface area contributed by atoms with Crippen LogP contribution in [0.2, 0.25) is 0 Å². The van der Waals surface area contributed by atoms with E-state index in [1.165, 1.54) is 12.1 Å². The van der Waals surface area contributed by atoms with E-state index in [2.05, 4.69) is 0 Å². The molecule has 1 aromatic carbocycles. The van der Waals surface area contributed by atoms with Crippen LogP contribution in [-0.4, -0.2) is 32.4 Å². The molecule has 6 nitrogen and oxygen atoms in total. The second-order valence-corrected chi connectivity index (χ2v) is 3.47. The number of carbonyl (C=O) groups is 2. The Labute approximate surface area is 96.8 Å². The number of hydrogen-bond acceptors (Lipinski definition) is 4. The van der Waals surface area contributed by atoms with Crippen molar-refractivity contribution in [1.82, 2.24) is 0 Å². The molecule has 4 N–H and O–H groups in total. The molecule has 0 bridgehead atoms. The first-order valence-electron chi connectivity index (χ1n) is 4.81. The Morgan fingerprint density at radius 1 is 0.941 bits per heavy atom. The predicted octanol–water partition coefficient (Wildman–Crippen LogP) is -0.00350. The van der Waals surface area contributed by atoms with Crippen LogP contribution in [-0.2, 0) is 24.4 Å². The van der Waals surface area contributed by atoms with Crippen molar-refractivity contribution in [2.75, 3.05) is 0 Å². The van der Waals surface area contributed by atoms with Gasteiger partial charge in [0.15, 0.2) is 0 Å². The second kappa shape index (κ2) is 5.42. The molecule has 92 valence electrons. The summed E-state index contributed by atoms with van der Waals surface area (Å²) in [6.07, 6.45) is -0.444. The zero-order valence-electron chi connectivity index (χ0n) is 8.88. The monoisotopic (exact) mass is 240 g/mol. The van der Waals surface area contributed by atoms with Gasteiger partial charge in [-0.1, -0.05) is 6.07 Å². The topological polar surface area (TPSA) is 115 Å². The maximum absolute atomic E-state index is 10.9. The molecular weight excluding hydrogens is 228 g/mol. The Balaban J connectivity index is 3.34. The molecule has 0 aliphatic heterocycles. The number of hydrogen-bond donors (Lipinski definition) is 4. The van der Waals surface area contributed by atoms with E-state index in [0.29, 0.717) is 5.56 Å². The lowest BCUT2D eigenvalue weighted by Crippen LogP contribution is -2.10. The molecule has 0 radical (unpaired) electrons. The summed E-state index contributed by atoms with van der Waals surface area (Å²) >= 11 is 0. The molecule has 0 aliphatic carbocycles. The molecule has 0 unspecified atom stereocenters. The summed E-state index contributed by atoms with van der Waals surface area (Å²) in [6.45, 7) is -0.800. The minimum atomic E-state index is -1.26. The van der Waals surface area contributed by atoms with Gasteiger partial charge in [-0.15, -0.1) is 0 Å². The molecule has 0 spiro atoms. The van der Waals surface area contributed by atoms with Crippen LogP contribution in [0.25, 0.3) is 0 Å². The molecule has 1 aromatic rings. The van der Waals surface area contributed by atoms with E-state index in [0.717, 1.165) is 0 Å². The second-order valence-electron chi connectivity index (χ2n) is 3.47. The fourth-order valence-electron chi connectivity index (χ4n) is 1.54. The number of aliphatic carboxylic acids is 1. The third kappa shape index (κ3) is 3.02. The van der Waals surface area contributed by atoms with Crippen LogP contribution in [0, 0.1) is 0 Å². The molecule has 0 saturated carbocycles. The summed E-state index contributed by atoms with van der Waals surface area (Å²) in [6, 6.07) is 2.48. The van der Waals surface area contributed by atoms with Gasteiger partial charge in [-0.2, -0.15) is 0 Å². The number of aliphatic hydroxyl groups is 2. The van der Waals surface area contributed by atoms with Gasteiger partial charge in [0.05, 0.1) is 25.2 Å². The zero-order valence-corrected chi connectivity index (χ0v) is 8.88. The van der Waals surface area contributed by atoms with Gasteiger partial charge >= 0.3 is 11.9 Å². The highest BCUT2D eigenvalue weighted by Crippen LogP contribution is 2.18. The van der Waals surface area contributed by atoms with Gasteiger partial charge < -0.3 is 20.4 Å². The first-order chi connectivity index (χ1) is 7.99. The SMILES string of the molecule is O=C(O)Cc1cc(CO)c(CO)cc1C(=O)O. The van der Waals surface area contributed by atoms with Crippen LogP contribution >= 0.6 is 0 Å². The Bertz CT molecular complexity index is 452. The Morgan fingerprint density at radius 3 is 1.88 bits per heavy atom. The summed E-state index contributed by atoms with van der Waals surface area (Å²) in [5.41, 5.74) is 0.535. The number of rotatable bonds is 5. The molecule has 0 saturated heterocycles. The molecule has 0 atom stereocenters. The fraction of sp³-hybridized carbons (Fsp3) is 0.273. The van der Waals surface area contributed by atoms with Crippen LogP contribution in [0.1, 0.15) is 27.0 Å². The minimum Gasteiger partial charge on any atom is -0.481 e. The van der Waals surface area contributed by atoms with Crippen molar-refractivity contribution in [3.8, 4) is 0 Å². The summed E-state index contributed by atoms with van der Waals surface area (Å²) in [5, 5.41) is 35.6. The van der Waals surface area contributed by atoms with Gasteiger partial charge in [-0.3, -0.25) is 4.79 Å². The van der Waals surface area contributed by atoms with Gasteiger partial charge in [0.25, 0.3) is 0 Å². The Hall–Kier alpha value is -1.92. The van der Waals surface area contributed by atoms with Crippen molar-refractivity contribution < 1.29 is 30.0 Å². The average Bonchev–Trinajstić information content (AvgIpc) is 2.27. The van der Waals surface area contributed by atoms with Crippen LogP contribution in [0.5, 0.6) is 0 Å². The van der Waals surface area contributed by atoms with Crippen molar-refractivity contribution in [2.24, 2.45) is 0 Å². The largest absolute Gasteiger partial charge is 0.481 e. The van der Waals surface area contributed by atoms with E-state index in [1.54, 1.807) is 0 Å². The number of aromatic carboxylic acids is 1. The maximum atomic E-state index is 10.9. The number of benzene rings is 1. The van der Waals surface area contributed by atoms with Crippen LogP contribution in [0.4, 0.5) is 0 Å². The number of aliphatic hydroxyl groups excluding tert-OH is 2. The zero-order chi connectivity index (χ0) is 13.0. The quantitative estimate of drug-likeness (QED) is 0.575. The lowest BCUT2D eigenvalue weighted by molar-refractivity contribution is -0.136. The molecule has 0 aromatic heterocycles. The third-order valence-electron chi connectivity index (χ3n) is 2.34. The summed E-state index contributed by atoms with van der Waals surface area (Å²) in [7, 11) is 0. The number of carboxylic acids is 2. The Morgan fingerprint density at radius 2 is 1.47 bits per heavy atom. The molecule has 0 amide bonds. The van der Waals surface area contributed by atoms with Gasteiger partial charge in [0, 0.05) is 0 Å².